The van der Waals surface area contributed by atoms with Crippen molar-refractivity contribution >= 4 is 16.5 Å². The number of aryl methyl sites for hydroxylation is 2. The highest BCUT2D eigenvalue weighted by molar-refractivity contribution is 5.96. The van der Waals surface area contributed by atoms with Crippen LogP contribution in [0.2, 0.25) is 0 Å². The minimum atomic E-state index is 0.755. The van der Waals surface area contributed by atoms with E-state index < -0.39 is 0 Å². The van der Waals surface area contributed by atoms with E-state index >= 15 is 0 Å². The molecule has 0 atom stereocenters. The monoisotopic (exact) mass is 266 g/mol. The first-order valence-corrected chi connectivity index (χ1v) is 6.95. The van der Waals surface area contributed by atoms with Crippen molar-refractivity contribution in [1.29, 1.82) is 0 Å². The van der Waals surface area contributed by atoms with Crippen LogP contribution in [0.25, 0.3) is 16.5 Å². The summed E-state index contributed by atoms with van der Waals surface area (Å²) in [5.74, 6) is 0. The average Bonchev–Trinajstić information content (AvgIpc) is 2.91. The molecule has 0 unspecified atom stereocenters. The van der Waals surface area contributed by atoms with Crippen molar-refractivity contribution in [2.24, 2.45) is 0 Å². The van der Waals surface area contributed by atoms with Gasteiger partial charge in [0.05, 0.1) is 17.1 Å². The van der Waals surface area contributed by atoms with E-state index in [0.29, 0.717) is 0 Å². The van der Waals surface area contributed by atoms with Crippen LogP contribution in [0.1, 0.15) is 25.2 Å². The summed E-state index contributed by atoms with van der Waals surface area (Å²) < 4.78 is 1.97. The van der Waals surface area contributed by atoms with E-state index in [2.05, 4.69) is 30.0 Å². The molecular weight excluding hydrogens is 248 g/mol. The summed E-state index contributed by atoms with van der Waals surface area (Å²) in [6.45, 7) is 4.25. The topological polar surface area (TPSA) is 56.7 Å². The van der Waals surface area contributed by atoms with Gasteiger partial charge in [0.15, 0.2) is 0 Å². The van der Waals surface area contributed by atoms with E-state index in [1.807, 2.05) is 29.1 Å². The van der Waals surface area contributed by atoms with Gasteiger partial charge in [-0.25, -0.2) is 4.68 Å². The van der Waals surface area contributed by atoms with Crippen molar-refractivity contribution in [3.05, 3.63) is 48.0 Å². The molecule has 0 aliphatic carbocycles. The van der Waals surface area contributed by atoms with Crippen molar-refractivity contribution in [2.45, 2.75) is 26.7 Å². The van der Waals surface area contributed by atoms with E-state index in [1.54, 1.807) is 6.20 Å². The minimum absolute atomic E-state index is 0.755. The fourth-order valence-electron chi connectivity index (χ4n) is 2.47. The summed E-state index contributed by atoms with van der Waals surface area (Å²) in [7, 11) is 0. The van der Waals surface area contributed by atoms with Gasteiger partial charge < -0.3 is 5.73 Å². The fraction of sp³-hybridized carbons (Fsp3) is 0.250. The smallest absolute Gasteiger partial charge is 0.0884 e. The molecule has 0 bridgehead atoms. The van der Waals surface area contributed by atoms with Gasteiger partial charge in [0.1, 0.15) is 0 Å². The maximum Gasteiger partial charge on any atom is 0.0884 e. The zero-order valence-corrected chi connectivity index (χ0v) is 11.8. The molecule has 0 saturated carbocycles. The van der Waals surface area contributed by atoms with Crippen LogP contribution >= 0.6 is 0 Å². The highest BCUT2D eigenvalue weighted by atomic mass is 15.3. The average molecular weight is 266 g/mol. The Labute approximate surface area is 118 Å². The van der Waals surface area contributed by atoms with Gasteiger partial charge in [-0.2, -0.15) is 5.10 Å². The highest BCUT2D eigenvalue weighted by Gasteiger charge is 2.11. The maximum absolute atomic E-state index is 6.34. The molecule has 0 aliphatic rings. The Morgan fingerprint density at radius 2 is 2.00 bits per heavy atom. The van der Waals surface area contributed by atoms with Gasteiger partial charge in [0.2, 0.25) is 0 Å². The zero-order valence-electron chi connectivity index (χ0n) is 11.8. The van der Waals surface area contributed by atoms with Gasteiger partial charge >= 0.3 is 0 Å². The van der Waals surface area contributed by atoms with E-state index in [1.165, 1.54) is 5.69 Å². The van der Waals surface area contributed by atoms with Crippen molar-refractivity contribution in [1.82, 2.24) is 14.8 Å². The molecule has 20 heavy (non-hydrogen) atoms. The molecule has 2 aromatic heterocycles. The molecule has 0 amide bonds. The van der Waals surface area contributed by atoms with Crippen LogP contribution in [-0.4, -0.2) is 14.8 Å². The summed E-state index contributed by atoms with van der Waals surface area (Å²) in [5, 5.41) is 6.73. The van der Waals surface area contributed by atoms with Crippen LogP contribution in [0.3, 0.4) is 0 Å². The zero-order chi connectivity index (χ0) is 14.1. The lowest BCUT2D eigenvalue weighted by Crippen LogP contribution is -2.05. The van der Waals surface area contributed by atoms with Crippen molar-refractivity contribution in [3.8, 4) is 5.69 Å². The predicted molar refractivity (Wildman–Crippen MR) is 82.0 cm³/mol. The Morgan fingerprint density at radius 3 is 2.75 bits per heavy atom. The molecule has 0 fully saturated rings. The van der Waals surface area contributed by atoms with E-state index in [4.69, 9.17) is 5.73 Å². The van der Waals surface area contributed by atoms with Gasteiger partial charge in [-0.3, -0.25) is 4.98 Å². The van der Waals surface area contributed by atoms with Crippen molar-refractivity contribution < 1.29 is 0 Å². The van der Waals surface area contributed by atoms with Crippen LogP contribution in [0.4, 0.5) is 5.69 Å². The quantitative estimate of drug-likeness (QED) is 0.741. The second-order valence-electron chi connectivity index (χ2n) is 4.84. The van der Waals surface area contributed by atoms with Crippen LogP contribution in [0.5, 0.6) is 0 Å². The van der Waals surface area contributed by atoms with E-state index in [0.717, 1.165) is 40.7 Å². The number of hydrogen-bond donors (Lipinski definition) is 1. The molecule has 0 spiro atoms. The van der Waals surface area contributed by atoms with Crippen LogP contribution in [0, 0.1) is 0 Å². The molecule has 102 valence electrons. The second kappa shape index (κ2) is 4.96. The van der Waals surface area contributed by atoms with Crippen LogP contribution in [0.15, 0.2) is 36.7 Å². The molecule has 4 heteroatoms. The number of pyridine rings is 1. The molecule has 0 saturated heterocycles. The number of nitrogen functional groups attached to an aromatic ring is 1. The Hall–Kier alpha value is -2.36. The highest BCUT2D eigenvalue weighted by Crippen LogP contribution is 2.28. The largest absolute Gasteiger partial charge is 0.396 e. The normalized spacial score (nSPS) is 11.1. The first kappa shape index (κ1) is 12.7. The van der Waals surface area contributed by atoms with Gasteiger partial charge in [-0.1, -0.05) is 19.9 Å². The van der Waals surface area contributed by atoms with Gasteiger partial charge in [-0.05, 0) is 31.0 Å². The number of rotatable bonds is 3. The lowest BCUT2D eigenvalue weighted by atomic mass is 10.1. The summed E-state index contributed by atoms with van der Waals surface area (Å²) >= 11 is 0. The predicted octanol–water partition coefficient (Wildman–Crippen LogP) is 3.13. The first-order chi connectivity index (χ1) is 9.74. The summed E-state index contributed by atoms with van der Waals surface area (Å²) in [4.78, 5) is 4.13. The molecule has 0 radical (unpaired) electrons. The van der Waals surface area contributed by atoms with Crippen molar-refractivity contribution in [3.63, 3.8) is 0 Å². The molecule has 2 N–H and O–H groups in total. The lowest BCUT2D eigenvalue weighted by molar-refractivity contribution is 0.797. The number of benzene rings is 1. The molecule has 3 aromatic rings. The number of nitrogens with zero attached hydrogens (tertiary/aromatic N) is 3. The number of nitrogens with two attached hydrogens (primary N) is 1. The third kappa shape index (κ3) is 1.93. The summed E-state index contributed by atoms with van der Waals surface area (Å²) in [6.07, 6.45) is 5.46. The lowest BCUT2D eigenvalue weighted by Gasteiger charge is -2.11. The molecule has 4 nitrogen and oxygen atoms in total. The van der Waals surface area contributed by atoms with Gasteiger partial charge in [0.25, 0.3) is 0 Å². The Bertz CT molecular complexity index is 758. The van der Waals surface area contributed by atoms with Crippen molar-refractivity contribution in [2.75, 3.05) is 5.73 Å². The number of anilines is 1. The summed E-state index contributed by atoms with van der Waals surface area (Å²) in [5.41, 5.74) is 10.3. The Balaban J connectivity index is 2.24. The van der Waals surface area contributed by atoms with Crippen LogP contribution in [-0.2, 0) is 12.8 Å². The number of hydrogen-bond acceptors (Lipinski definition) is 3. The van der Waals surface area contributed by atoms with E-state index in [9.17, 15) is 0 Å². The molecule has 2 heterocycles. The maximum atomic E-state index is 6.34. The van der Waals surface area contributed by atoms with E-state index in [-0.39, 0.29) is 0 Å². The fourth-order valence-corrected chi connectivity index (χ4v) is 2.47. The third-order valence-electron chi connectivity index (χ3n) is 3.63. The van der Waals surface area contributed by atoms with Gasteiger partial charge in [0, 0.05) is 28.9 Å². The molecule has 0 aliphatic heterocycles. The Morgan fingerprint density at radius 1 is 1.15 bits per heavy atom. The third-order valence-corrected chi connectivity index (χ3v) is 3.63. The standard InChI is InChI=1S/C16H18N4/c1-3-12-9-13(4-2)20(19-12)15-6-5-11-10-18-8-7-14(11)16(15)17/h5-10H,3-4,17H2,1-2H3. The SMILES string of the molecule is CCc1cc(CC)n(-c2ccc3cnccc3c2N)n1. The molecular formula is C16H18N4. The van der Waals surface area contributed by atoms with Gasteiger partial charge in [-0.15, -0.1) is 0 Å². The molecule has 3 rings (SSSR count). The first-order valence-electron chi connectivity index (χ1n) is 6.95. The minimum Gasteiger partial charge on any atom is -0.396 e. The summed E-state index contributed by atoms with van der Waals surface area (Å²) in [6, 6.07) is 8.16. The van der Waals surface area contributed by atoms with Crippen LogP contribution < -0.4 is 5.73 Å². The number of aromatic nitrogens is 3. The second-order valence-corrected chi connectivity index (χ2v) is 4.84. The molecule has 1 aromatic carbocycles. The number of fused-ring (bicyclic) bond motifs is 1. The Kier molecular flexibility index (Phi) is 3.14.